The summed E-state index contributed by atoms with van der Waals surface area (Å²) in [6.07, 6.45) is -2.74. The highest BCUT2D eigenvalue weighted by atomic mass is 16.7. The molecule has 160 valence electrons. The maximum Gasteiger partial charge on any atom is 0.229 e. The van der Waals surface area contributed by atoms with Gasteiger partial charge in [-0.15, -0.1) is 0 Å². The zero-order valence-electron chi connectivity index (χ0n) is 16.5. The number of aliphatic hydroxyl groups excluding tert-OH is 4. The van der Waals surface area contributed by atoms with Crippen LogP contribution in [-0.4, -0.2) is 70.6 Å². The number of ether oxygens (including phenoxy) is 3. The molecule has 1 aromatic rings. The first-order valence-electron chi connectivity index (χ1n) is 9.73. The van der Waals surface area contributed by atoms with Crippen LogP contribution in [0, 0.1) is 5.92 Å². The van der Waals surface area contributed by atoms with Crippen molar-refractivity contribution in [1.29, 1.82) is 0 Å². The molecule has 6 atom stereocenters. The number of ketones is 1. The Kier molecular flexibility index (Phi) is 6.92. The molecule has 1 aromatic carbocycles. The summed E-state index contributed by atoms with van der Waals surface area (Å²) in [5, 5.41) is 39.2. The number of methoxy groups -OCH3 is 1. The summed E-state index contributed by atoms with van der Waals surface area (Å²) < 4.78 is 16.4. The molecule has 1 saturated heterocycles. The number of rotatable bonds is 5. The third-order valence-electron chi connectivity index (χ3n) is 5.42. The molecule has 3 rings (SSSR count). The van der Waals surface area contributed by atoms with Gasteiger partial charge < -0.3 is 34.6 Å². The lowest BCUT2D eigenvalue weighted by atomic mass is 9.85. The Bertz CT molecular complexity index is 759. The quantitative estimate of drug-likeness (QED) is 0.523. The van der Waals surface area contributed by atoms with Crippen LogP contribution in [0.15, 0.2) is 23.8 Å². The van der Waals surface area contributed by atoms with Crippen LogP contribution < -0.4 is 9.47 Å². The first kappa shape index (κ1) is 21.7. The Morgan fingerprint density at radius 1 is 1.17 bits per heavy atom. The van der Waals surface area contributed by atoms with Crippen LogP contribution in [0.3, 0.4) is 0 Å². The predicted octanol–water partition coefficient (Wildman–Crippen LogP) is 0.646. The van der Waals surface area contributed by atoms with Crippen molar-refractivity contribution < 1.29 is 39.4 Å². The lowest BCUT2D eigenvalue weighted by Crippen LogP contribution is -2.60. The minimum absolute atomic E-state index is 0.157. The zero-order chi connectivity index (χ0) is 21.1. The van der Waals surface area contributed by atoms with Gasteiger partial charge in [-0.25, -0.2) is 0 Å². The minimum Gasteiger partial charge on any atom is -0.493 e. The van der Waals surface area contributed by atoms with Crippen LogP contribution in [0.1, 0.15) is 31.7 Å². The van der Waals surface area contributed by atoms with Crippen LogP contribution in [0.4, 0.5) is 0 Å². The molecule has 8 heteroatoms. The lowest BCUT2D eigenvalue weighted by molar-refractivity contribution is -0.277. The maximum atomic E-state index is 12.2. The fraction of sp³-hybridized carbons (Fsp3) is 0.571. The van der Waals surface area contributed by atoms with Gasteiger partial charge in [0.05, 0.1) is 13.7 Å². The molecule has 0 amide bonds. The highest BCUT2D eigenvalue weighted by Gasteiger charge is 2.44. The molecule has 0 unspecified atom stereocenters. The van der Waals surface area contributed by atoms with E-state index in [0.717, 1.165) is 24.0 Å². The van der Waals surface area contributed by atoms with E-state index in [4.69, 9.17) is 14.2 Å². The Labute approximate surface area is 169 Å². The molecule has 2 fully saturated rings. The number of carbonyl (C=O) groups excluding carboxylic acids is 1. The van der Waals surface area contributed by atoms with Gasteiger partial charge in [0.25, 0.3) is 0 Å². The van der Waals surface area contributed by atoms with E-state index in [1.807, 2.05) is 6.08 Å². The molecule has 1 heterocycles. The van der Waals surface area contributed by atoms with Crippen molar-refractivity contribution in [2.24, 2.45) is 5.92 Å². The number of aliphatic hydroxyl groups is 4. The van der Waals surface area contributed by atoms with E-state index < -0.39 is 37.3 Å². The second-order valence-electron chi connectivity index (χ2n) is 7.67. The summed E-state index contributed by atoms with van der Waals surface area (Å²) in [4.78, 5) is 12.2. The van der Waals surface area contributed by atoms with Crippen molar-refractivity contribution in [2.75, 3.05) is 13.7 Å². The average molecular weight is 408 g/mol. The Morgan fingerprint density at radius 2 is 1.93 bits per heavy atom. The van der Waals surface area contributed by atoms with E-state index in [-0.39, 0.29) is 11.5 Å². The van der Waals surface area contributed by atoms with Crippen molar-refractivity contribution in [3.8, 4) is 11.5 Å². The topological polar surface area (TPSA) is 126 Å². The third-order valence-corrected chi connectivity index (χ3v) is 5.42. The molecular formula is C21H28O8. The monoisotopic (exact) mass is 408 g/mol. The molecular weight excluding hydrogens is 380 g/mol. The van der Waals surface area contributed by atoms with Crippen molar-refractivity contribution in [1.82, 2.24) is 0 Å². The van der Waals surface area contributed by atoms with Gasteiger partial charge in [-0.1, -0.05) is 13.0 Å². The van der Waals surface area contributed by atoms with E-state index in [1.54, 1.807) is 18.2 Å². The number of hydrogen-bond donors (Lipinski definition) is 4. The molecule has 0 bridgehead atoms. The molecule has 8 nitrogen and oxygen atoms in total. The number of benzene rings is 1. The van der Waals surface area contributed by atoms with Gasteiger partial charge in [0.15, 0.2) is 17.3 Å². The Balaban J connectivity index is 1.78. The first-order valence-corrected chi connectivity index (χ1v) is 9.73. The second-order valence-corrected chi connectivity index (χ2v) is 7.67. The maximum absolute atomic E-state index is 12.2. The highest BCUT2D eigenvalue weighted by molar-refractivity contribution is 6.00. The van der Waals surface area contributed by atoms with Gasteiger partial charge in [-0.05, 0) is 48.1 Å². The van der Waals surface area contributed by atoms with Gasteiger partial charge in [0, 0.05) is 6.42 Å². The average Bonchev–Trinajstić information content (AvgIpc) is 2.71. The van der Waals surface area contributed by atoms with Gasteiger partial charge in [-0.2, -0.15) is 0 Å². The number of hydrogen-bond acceptors (Lipinski definition) is 8. The molecule has 1 saturated carbocycles. The lowest BCUT2D eigenvalue weighted by Gasteiger charge is -2.39. The molecule has 29 heavy (non-hydrogen) atoms. The van der Waals surface area contributed by atoms with E-state index in [0.29, 0.717) is 18.1 Å². The van der Waals surface area contributed by atoms with E-state index in [9.17, 15) is 25.2 Å². The van der Waals surface area contributed by atoms with Crippen LogP contribution >= 0.6 is 0 Å². The smallest absolute Gasteiger partial charge is 0.229 e. The standard InChI is InChI=1S/C21H28O8/c1-11-3-5-13(14(23)7-11)8-12-4-6-15(16(9-12)27-2)28-21-20(26)19(25)18(24)17(10-22)29-21/h4,6,8-9,11,17-22,24-26H,3,5,7,10H2,1-2H3/b13-8-/t11-,17-,18+,19+,20-,21-/m1/s1. The molecule has 1 aliphatic carbocycles. The number of Topliss-reactive ketones (excluding diaryl/α,β-unsaturated/α-hetero) is 1. The van der Waals surface area contributed by atoms with Crippen molar-refractivity contribution in [3.63, 3.8) is 0 Å². The van der Waals surface area contributed by atoms with Crippen molar-refractivity contribution >= 4 is 11.9 Å². The summed E-state index contributed by atoms with van der Waals surface area (Å²) >= 11 is 0. The SMILES string of the molecule is COc1cc(/C=C2/CC[C@@H](C)CC2=O)ccc1O[C@@H]1O[C@H](CO)[C@H](O)[C@H](O)[C@H]1O. The normalized spacial score (nSPS) is 34.3. The summed E-state index contributed by atoms with van der Waals surface area (Å²) in [7, 11) is 1.46. The summed E-state index contributed by atoms with van der Waals surface area (Å²) in [6.45, 7) is 1.53. The fourth-order valence-electron chi connectivity index (χ4n) is 3.61. The fourth-order valence-corrected chi connectivity index (χ4v) is 3.61. The Hall–Kier alpha value is -1.97. The van der Waals surface area contributed by atoms with Gasteiger partial charge in [0.1, 0.15) is 24.4 Å². The zero-order valence-corrected chi connectivity index (χ0v) is 16.5. The van der Waals surface area contributed by atoms with Crippen molar-refractivity contribution in [3.05, 3.63) is 29.3 Å². The molecule has 0 aromatic heterocycles. The van der Waals surface area contributed by atoms with Crippen LogP contribution in [0.2, 0.25) is 0 Å². The largest absolute Gasteiger partial charge is 0.493 e. The molecule has 4 N–H and O–H groups in total. The van der Waals surface area contributed by atoms with Crippen LogP contribution in [-0.2, 0) is 9.53 Å². The number of allylic oxidation sites excluding steroid dienone is 1. The van der Waals surface area contributed by atoms with Gasteiger partial charge in [-0.3, -0.25) is 4.79 Å². The van der Waals surface area contributed by atoms with Crippen molar-refractivity contribution in [2.45, 2.75) is 56.9 Å². The highest BCUT2D eigenvalue weighted by Crippen LogP contribution is 2.33. The minimum atomic E-state index is -1.53. The number of carbonyl (C=O) groups is 1. The predicted molar refractivity (Wildman–Crippen MR) is 103 cm³/mol. The summed E-state index contributed by atoms with van der Waals surface area (Å²) in [5.74, 6) is 1.17. The van der Waals surface area contributed by atoms with Crippen LogP contribution in [0.25, 0.3) is 6.08 Å². The third kappa shape index (κ3) is 4.79. The van der Waals surface area contributed by atoms with Gasteiger partial charge in [0.2, 0.25) is 6.29 Å². The van der Waals surface area contributed by atoms with Gasteiger partial charge >= 0.3 is 0 Å². The second kappa shape index (κ2) is 9.23. The molecule has 0 spiro atoms. The summed E-state index contributed by atoms with van der Waals surface area (Å²) in [6, 6.07) is 5.07. The first-order chi connectivity index (χ1) is 13.8. The molecule has 1 aliphatic heterocycles. The van der Waals surface area contributed by atoms with Crippen LogP contribution in [0.5, 0.6) is 11.5 Å². The van der Waals surface area contributed by atoms with E-state index in [1.165, 1.54) is 7.11 Å². The Morgan fingerprint density at radius 3 is 2.59 bits per heavy atom. The van der Waals surface area contributed by atoms with E-state index in [2.05, 4.69) is 6.92 Å². The molecule has 2 aliphatic rings. The molecule has 0 radical (unpaired) electrons. The summed E-state index contributed by atoms with van der Waals surface area (Å²) in [5.41, 5.74) is 1.56. The van der Waals surface area contributed by atoms with E-state index >= 15 is 0 Å².